The Balaban J connectivity index is 1.63. The summed E-state index contributed by atoms with van der Waals surface area (Å²) in [7, 11) is 0. The van der Waals surface area contributed by atoms with Crippen molar-refractivity contribution in [2.75, 3.05) is 6.61 Å². The van der Waals surface area contributed by atoms with Crippen LogP contribution in [0.1, 0.15) is 77.6 Å². The normalized spacial score (nSPS) is 12.7. The summed E-state index contributed by atoms with van der Waals surface area (Å²) in [5.74, 6) is 0. The van der Waals surface area contributed by atoms with E-state index in [-0.39, 0.29) is 6.10 Å². The molecule has 0 aliphatic rings. The van der Waals surface area contributed by atoms with E-state index in [1.165, 1.54) is 64.9 Å². The molecule has 29 heavy (non-hydrogen) atoms. The molecule has 1 N–H and O–H groups in total. The van der Waals surface area contributed by atoms with Crippen molar-refractivity contribution in [1.29, 1.82) is 0 Å². The van der Waals surface area contributed by atoms with Crippen LogP contribution >= 0.6 is 20.2 Å². The van der Waals surface area contributed by atoms with Crippen LogP contribution < -0.4 is 0 Å². The van der Waals surface area contributed by atoms with E-state index in [9.17, 15) is 5.11 Å². The van der Waals surface area contributed by atoms with Crippen LogP contribution in [-0.2, 0) is 3.07 Å². The summed E-state index contributed by atoms with van der Waals surface area (Å²) >= 11 is -1.94. The Kier molecular flexibility index (Phi) is 13.3. The Morgan fingerprint density at radius 3 is 1.62 bits per heavy atom. The molecule has 1 unspecified atom stereocenters. The van der Waals surface area contributed by atoms with Crippen molar-refractivity contribution in [1.82, 2.24) is 0 Å². The molecule has 2 rings (SSSR count). The van der Waals surface area contributed by atoms with Gasteiger partial charge in [0.25, 0.3) is 0 Å². The fourth-order valence-electron chi connectivity index (χ4n) is 3.40. The van der Waals surface area contributed by atoms with Gasteiger partial charge in [0.2, 0.25) is 0 Å². The molecular formula is C26H39IO2. The summed E-state index contributed by atoms with van der Waals surface area (Å²) < 4.78 is 8.90. The number of unbranched alkanes of at least 4 members (excludes halogenated alkanes) is 9. The molecule has 0 bridgehead atoms. The summed E-state index contributed by atoms with van der Waals surface area (Å²) in [5, 5.41) is 10.4. The van der Waals surface area contributed by atoms with Crippen molar-refractivity contribution >= 4 is 20.2 Å². The molecule has 0 aromatic heterocycles. The topological polar surface area (TPSA) is 29.5 Å². The zero-order chi connectivity index (χ0) is 20.6. The molecule has 0 heterocycles. The second-order valence-corrected chi connectivity index (χ2v) is 12.3. The Morgan fingerprint density at radius 1 is 0.690 bits per heavy atom. The van der Waals surface area contributed by atoms with Crippen LogP contribution in [0, 0.1) is 7.14 Å². The zero-order valence-corrected chi connectivity index (χ0v) is 20.2. The summed E-state index contributed by atoms with van der Waals surface area (Å²) in [5.41, 5.74) is 0. The fourth-order valence-corrected chi connectivity index (χ4v) is 7.75. The van der Waals surface area contributed by atoms with Crippen LogP contribution in [0.2, 0.25) is 0 Å². The third-order valence-electron chi connectivity index (χ3n) is 5.12. The quantitative estimate of drug-likeness (QED) is 0.184. The van der Waals surface area contributed by atoms with Crippen molar-refractivity contribution in [2.24, 2.45) is 0 Å². The standard InChI is InChI=1S/C26H39IO2/c1-2-3-4-5-6-7-8-9-10-17-22-26(28)23-29-27(24-18-13-11-14-19-24)25-20-15-12-16-21-25/h11-16,18-21,26,28H,2-10,17,22-23H2,1H3. The molecule has 0 fully saturated rings. The van der Waals surface area contributed by atoms with Gasteiger partial charge in [-0.2, -0.15) is 0 Å². The molecule has 162 valence electrons. The van der Waals surface area contributed by atoms with Gasteiger partial charge in [0.1, 0.15) is 0 Å². The Labute approximate surface area is 186 Å². The van der Waals surface area contributed by atoms with E-state index in [1.807, 2.05) is 12.1 Å². The Morgan fingerprint density at radius 2 is 1.14 bits per heavy atom. The molecule has 0 aliphatic carbocycles. The number of halogens is 1. The van der Waals surface area contributed by atoms with Gasteiger partial charge < -0.3 is 0 Å². The molecule has 1 atom stereocenters. The van der Waals surface area contributed by atoms with Crippen LogP contribution in [-0.4, -0.2) is 17.8 Å². The first-order valence-electron chi connectivity index (χ1n) is 11.4. The molecule has 0 radical (unpaired) electrons. The average Bonchev–Trinajstić information content (AvgIpc) is 2.77. The average molecular weight is 511 g/mol. The third kappa shape index (κ3) is 10.6. The van der Waals surface area contributed by atoms with Gasteiger partial charge in [-0.05, 0) is 0 Å². The van der Waals surface area contributed by atoms with Gasteiger partial charge in [-0.15, -0.1) is 0 Å². The van der Waals surface area contributed by atoms with Crippen molar-refractivity contribution in [3.05, 3.63) is 67.8 Å². The van der Waals surface area contributed by atoms with Gasteiger partial charge >= 0.3 is 167 Å². The first-order chi connectivity index (χ1) is 14.3. The SMILES string of the molecule is CCCCCCCCCCCCC(O)COI(c1ccccc1)c1ccccc1. The van der Waals surface area contributed by atoms with E-state index in [2.05, 4.69) is 55.5 Å². The molecule has 0 spiro atoms. The first-order valence-corrected chi connectivity index (χ1v) is 14.5. The second kappa shape index (κ2) is 15.9. The zero-order valence-electron chi connectivity index (χ0n) is 18.1. The van der Waals surface area contributed by atoms with Crippen molar-refractivity contribution in [2.45, 2.75) is 83.7 Å². The van der Waals surface area contributed by atoms with Gasteiger partial charge in [-0.25, -0.2) is 0 Å². The van der Waals surface area contributed by atoms with Gasteiger partial charge in [0.15, 0.2) is 0 Å². The van der Waals surface area contributed by atoms with Gasteiger partial charge in [-0.1, -0.05) is 19.8 Å². The van der Waals surface area contributed by atoms with E-state index in [4.69, 9.17) is 3.07 Å². The molecule has 0 amide bonds. The molecule has 3 heteroatoms. The summed E-state index contributed by atoms with van der Waals surface area (Å²) in [6.45, 7) is 2.72. The minimum absolute atomic E-state index is 0.351. The van der Waals surface area contributed by atoms with Crippen LogP contribution in [0.15, 0.2) is 60.7 Å². The molecule has 0 aliphatic heterocycles. The fraction of sp³-hybridized carbons (Fsp3) is 0.538. The maximum atomic E-state index is 10.4. The van der Waals surface area contributed by atoms with Gasteiger partial charge in [-0.3, -0.25) is 0 Å². The van der Waals surface area contributed by atoms with E-state index < -0.39 is 20.2 Å². The van der Waals surface area contributed by atoms with E-state index in [0.717, 1.165) is 12.8 Å². The third-order valence-corrected chi connectivity index (χ3v) is 9.80. The summed E-state index contributed by atoms with van der Waals surface area (Å²) in [6, 6.07) is 21.0. The van der Waals surface area contributed by atoms with Crippen LogP contribution in [0.25, 0.3) is 0 Å². The monoisotopic (exact) mass is 510 g/mol. The number of hydrogen-bond acceptors (Lipinski definition) is 2. The van der Waals surface area contributed by atoms with Gasteiger partial charge in [0.05, 0.1) is 0 Å². The molecule has 2 aromatic rings. The Bertz CT molecular complexity index is 578. The second-order valence-electron chi connectivity index (χ2n) is 7.74. The van der Waals surface area contributed by atoms with E-state index in [1.54, 1.807) is 0 Å². The molecule has 2 nitrogen and oxygen atoms in total. The summed E-state index contributed by atoms with van der Waals surface area (Å²) in [4.78, 5) is 0. The van der Waals surface area contributed by atoms with E-state index in [0.29, 0.717) is 6.61 Å². The predicted molar refractivity (Wildman–Crippen MR) is 133 cm³/mol. The van der Waals surface area contributed by atoms with Crippen LogP contribution in [0.5, 0.6) is 0 Å². The molecule has 0 saturated heterocycles. The van der Waals surface area contributed by atoms with Crippen molar-refractivity contribution in [3.8, 4) is 0 Å². The number of aliphatic hydroxyl groups is 1. The minimum atomic E-state index is -1.94. The summed E-state index contributed by atoms with van der Waals surface area (Å²) in [6.07, 6.45) is 13.8. The number of rotatable bonds is 16. The van der Waals surface area contributed by atoms with Crippen molar-refractivity contribution < 1.29 is 8.17 Å². The maximum absolute atomic E-state index is 10.4. The van der Waals surface area contributed by atoms with Crippen molar-refractivity contribution in [3.63, 3.8) is 0 Å². The molecule has 0 saturated carbocycles. The van der Waals surface area contributed by atoms with Crippen LogP contribution in [0.4, 0.5) is 0 Å². The first kappa shape index (κ1) is 24.4. The molecule has 2 aromatic carbocycles. The van der Waals surface area contributed by atoms with Crippen LogP contribution in [0.3, 0.4) is 0 Å². The molecular weight excluding hydrogens is 471 g/mol. The number of benzene rings is 2. The van der Waals surface area contributed by atoms with E-state index >= 15 is 0 Å². The van der Waals surface area contributed by atoms with Gasteiger partial charge in [0, 0.05) is 0 Å². The number of aliphatic hydroxyl groups excluding tert-OH is 1. The number of hydrogen-bond donors (Lipinski definition) is 1. The Hall–Kier alpha value is -0.910. The predicted octanol–water partition coefficient (Wildman–Crippen LogP) is 7.84.